The lowest BCUT2D eigenvalue weighted by molar-refractivity contribution is -0.0543. The quantitative estimate of drug-likeness (QED) is 0.499. The summed E-state index contributed by atoms with van der Waals surface area (Å²) in [6.07, 6.45) is 5.49. The second-order valence-corrected chi connectivity index (χ2v) is 5.27. The fraction of sp³-hybridized carbons (Fsp3) is 0.667. The molecule has 4 heteroatoms. The largest absolute Gasteiger partial charge is 0.370 e. The molecular weight excluding hydrogens is 338 g/mol. The first-order valence-electron chi connectivity index (χ1n) is 5.61. The van der Waals surface area contributed by atoms with Gasteiger partial charge in [0.05, 0.1) is 12.2 Å². The number of alkyl halides is 1. The Morgan fingerprint density at radius 2 is 2.06 bits per heavy atom. The van der Waals surface area contributed by atoms with Crippen LogP contribution in [0.4, 0.5) is 4.39 Å². The molecule has 1 aromatic heterocycles. The first-order valence-corrected chi connectivity index (χ1v) is 8.58. The second-order valence-electron chi connectivity index (χ2n) is 4.19. The summed E-state index contributed by atoms with van der Waals surface area (Å²) in [5.74, 6) is 0. The molecule has 1 aromatic rings. The van der Waals surface area contributed by atoms with Gasteiger partial charge in [0.25, 0.3) is 0 Å². The zero-order valence-corrected chi connectivity index (χ0v) is 12.4. The molecular formula is C12H16FIOS. The Morgan fingerprint density at radius 3 is 2.75 bits per heavy atom. The molecule has 3 rings (SSSR count). The molecule has 1 fully saturated rings. The molecule has 0 saturated heterocycles. The Labute approximate surface area is 114 Å². The van der Waals surface area contributed by atoms with Crippen LogP contribution in [0.25, 0.3) is 0 Å². The standard InChI is InChI=1S/C11H13FOS.CH3I/c12-10-7-8-9(14-10)3-6-13-11(8)4-1-2-5-11;1-2/h7H,1-6H2;1H3. The van der Waals surface area contributed by atoms with Crippen molar-refractivity contribution in [2.24, 2.45) is 0 Å². The van der Waals surface area contributed by atoms with E-state index in [2.05, 4.69) is 22.6 Å². The van der Waals surface area contributed by atoms with Gasteiger partial charge < -0.3 is 4.74 Å². The topological polar surface area (TPSA) is 9.23 Å². The van der Waals surface area contributed by atoms with Gasteiger partial charge in [0.15, 0.2) is 5.13 Å². The summed E-state index contributed by atoms with van der Waals surface area (Å²) in [5, 5.41) is -0.0493. The summed E-state index contributed by atoms with van der Waals surface area (Å²) < 4.78 is 19.1. The number of ether oxygens (including phenoxy) is 1. The number of hydrogen-bond donors (Lipinski definition) is 0. The normalized spacial score (nSPS) is 21.4. The summed E-state index contributed by atoms with van der Waals surface area (Å²) in [7, 11) is 0. The van der Waals surface area contributed by atoms with Gasteiger partial charge in [-0.05, 0) is 23.8 Å². The highest BCUT2D eigenvalue weighted by atomic mass is 127. The predicted octanol–water partition coefficient (Wildman–Crippen LogP) is 4.28. The molecule has 0 radical (unpaired) electrons. The fourth-order valence-electron chi connectivity index (χ4n) is 2.74. The van der Waals surface area contributed by atoms with Crippen molar-refractivity contribution in [3.63, 3.8) is 0 Å². The van der Waals surface area contributed by atoms with Crippen LogP contribution in [0.1, 0.15) is 36.1 Å². The minimum absolute atomic E-state index is 0.0493. The molecule has 1 nitrogen and oxygen atoms in total. The minimum atomic E-state index is -0.103. The van der Waals surface area contributed by atoms with Crippen molar-refractivity contribution in [3.05, 3.63) is 21.6 Å². The lowest BCUT2D eigenvalue weighted by Gasteiger charge is -2.33. The lowest BCUT2D eigenvalue weighted by atomic mass is 9.90. The Kier molecular flexibility index (Phi) is 4.24. The van der Waals surface area contributed by atoms with Crippen LogP contribution in [0.5, 0.6) is 0 Å². The van der Waals surface area contributed by atoms with Gasteiger partial charge in [0.1, 0.15) is 0 Å². The van der Waals surface area contributed by atoms with E-state index in [-0.39, 0.29) is 10.7 Å². The van der Waals surface area contributed by atoms with Crippen LogP contribution in [0, 0.1) is 5.13 Å². The first-order chi connectivity index (χ1) is 7.80. The van der Waals surface area contributed by atoms with Crippen LogP contribution >= 0.6 is 33.9 Å². The Morgan fingerprint density at radius 1 is 1.38 bits per heavy atom. The Balaban J connectivity index is 0.000000457. The zero-order chi connectivity index (χ0) is 11.6. The maximum absolute atomic E-state index is 13.2. The van der Waals surface area contributed by atoms with Crippen molar-refractivity contribution in [2.45, 2.75) is 37.7 Å². The van der Waals surface area contributed by atoms with Crippen LogP contribution in [0.3, 0.4) is 0 Å². The number of thiophene rings is 1. The zero-order valence-electron chi connectivity index (χ0n) is 9.39. The molecule has 16 heavy (non-hydrogen) atoms. The number of halogens is 2. The molecule has 2 heterocycles. The van der Waals surface area contributed by atoms with Crippen molar-refractivity contribution in [3.8, 4) is 0 Å². The summed E-state index contributed by atoms with van der Waals surface area (Å²) in [6.45, 7) is 0.771. The van der Waals surface area contributed by atoms with Gasteiger partial charge in [-0.25, -0.2) is 0 Å². The first kappa shape index (κ1) is 12.8. The summed E-state index contributed by atoms with van der Waals surface area (Å²) >= 11 is 3.45. The van der Waals surface area contributed by atoms with E-state index in [1.165, 1.54) is 29.1 Å². The van der Waals surface area contributed by atoms with Crippen LogP contribution in [0.2, 0.25) is 0 Å². The molecule has 1 saturated carbocycles. The third-order valence-corrected chi connectivity index (χ3v) is 4.37. The fourth-order valence-corrected chi connectivity index (χ4v) is 3.70. The van der Waals surface area contributed by atoms with Crippen molar-refractivity contribution in [1.29, 1.82) is 0 Å². The molecule has 0 bridgehead atoms. The molecule has 1 aliphatic carbocycles. The average molecular weight is 354 g/mol. The molecule has 1 spiro atoms. The van der Waals surface area contributed by atoms with Crippen LogP contribution < -0.4 is 0 Å². The molecule has 0 aromatic carbocycles. The van der Waals surface area contributed by atoms with Crippen LogP contribution in [0.15, 0.2) is 6.07 Å². The average Bonchev–Trinajstić information content (AvgIpc) is 2.89. The molecule has 0 atom stereocenters. The van der Waals surface area contributed by atoms with E-state index < -0.39 is 0 Å². The molecule has 0 N–H and O–H groups in total. The van der Waals surface area contributed by atoms with Gasteiger partial charge in [0, 0.05) is 16.9 Å². The van der Waals surface area contributed by atoms with Crippen LogP contribution in [-0.4, -0.2) is 11.5 Å². The van der Waals surface area contributed by atoms with E-state index >= 15 is 0 Å². The van der Waals surface area contributed by atoms with Gasteiger partial charge in [-0.3, -0.25) is 0 Å². The maximum atomic E-state index is 13.2. The van der Waals surface area contributed by atoms with Crippen molar-refractivity contribution in [1.82, 2.24) is 0 Å². The highest BCUT2D eigenvalue weighted by Crippen LogP contribution is 2.47. The van der Waals surface area contributed by atoms with E-state index in [1.54, 1.807) is 6.07 Å². The highest BCUT2D eigenvalue weighted by Gasteiger charge is 2.41. The number of fused-ring (bicyclic) bond motifs is 2. The SMILES string of the molecule is CI.Fc1cc2c(s1)CCOC21CCCC1. The predicted molar refractivity (Wildman–Crippen MR) is 74.0 cm³/mol. The highest BCUT2D eigenvalue weighted by molar-refractivity contribution is 14.1. The molecule has 2 aliphatic rings. The lowest BCUT2D eigenvalue weighted by Crippen LogP contribution is -2.31. The molecule has 1 aliphatic heterocycles. The van der Waals surface area contributed by atoms with Crippen molar-refractivity contribution < 1.29 is 9.13 Å². The summed E-state index contributed by atoms with van der Waals surface area (Å²) in [5.41, 5.74) is 1.05. The van der Waals surface area contributed by atoms with Gasteiger partial charge >= 0.3 is 0 Å². The Hall–Kier alpha value is 0.320. The monoisotopic (exact) mass is 354 g/mol. The third kappa shape index (κ3) is 2.16. The van der Waals surface area contributed by atoms with Gasteiger partial charge in [-0.2, -0.15) is 4.39 Å². The third-order valence-electron chi connectivity index (χ3n) is 3.39. The van der Waals surface area contributed by atoms with E-state index in [1.807, 2.05) is 4.93 Å². The molecule has 0 amide bonds. The van der Waals surface area contributed by atoms with E-state index in [9.17, 15) is 4.39 Å². The molecule has 0 unspecified atom stereocenters. The summed E-state index contributed by atoms with van der Waals surface area (Å²) in [4.78, 5) is 3.19. The second kappa shape index (κ2) is 5.31. The van der Waals surface area contributed by atoms with Gasteiger partial charge in [-0.1, -0.05) is 35.4 Å². The van der Waals surface area contributed by atoms with Crippen molar-refractivity contribution in [2.75, 3.05) is 11.5 Å². The smallest absolute Gasteiger partial charge is 0.177 e. The van der Waals surface area contributed by atoms with Crippen molar-refractivity contribution >= 4 is 33.9 Å². The van der Waals surface area contributed by atoms with E-state index in [4.69, 9.17) is 4.74 Å². The van der Waals surface area contributed by atoms with E-state index in [0.717, 1.165) is 31.4 Å². The van der Waals surface area contributed by atoms with Gasteiger partial charge in [-0.15, -0.1) is 11.3 Å². The summed E-state index contributed by atoms with van der Waals surface area (Å²) in [6, 6.07) is 1.70. The minimum Gasteiger partial charge on any atom is -0.370 e. The number of rotatable bonds is 0. The Bertz CT molecular complexity index is 358. The maximum Gasteiger partial charge on any atom is 0.177 e. The van der Waals surface area contributed by atoms with Crippen LogP contribution in [-0.2, 0) is 16.8 Å². The van der Waals surface area contributed by atoms with E-state index in [0.29, 0.717) is 0 Å². The molecule has 90 valence electrons. The number of hydrogen-bond acceptors (Lipinski definition) is 2. The van der Waals surface area contributed by atoms with Gasteiger partial charge in [0.2, 0.25) is 0 Å².